The number of carbonyl (C=O) groups is 2. The maximum absolute atomic E-state index is 13.1. The third kappa shape index (κ3) is 6.79. The van der Waals surface area contributed by atoms with Crippen LogP contribution in [0, 0.1) is 6.92 Å². The van der Waals surface area contributed by atoms with E-state index in [9.17, 15) is 24.6 Å². The molecule has 190 valence electrons. The van der Waals surface area contributed by atoms with Crippen molar-refractivity contribution in [2.45, 2.75) is 45.9 Å². The SMILES string of the molecule is Cc1cn(Cc2ccccc2Cl)c(=O)c(NC(=O)N[C@@H](CC(=O)O)c2cccc(OC(C)C)c2)c1O. The molecule has 0 radical (unpaired) electrons. The number of rotatable bonds is 9. The Kier molecular flexibility index (Phi) is 8.60. The molecule has 0 aliphatic heterocycles. The van der Waals surface area contributed by atoms with Crippen molar-refractivity contribution < 1.29 is 24.5 Å². The highest BCUT2D eigenvalue weighted by Crippen LogP contribution is 2.26. The predicted octanol–water partition coefficient (Wildman–Crippen LogP) is 4.69. The molecule has 2 aromatic carbocycles. The van der Waals surface area contributed by atoms with Gasteiger partial charge in [0.1, 0.15) is 11.5 Å². The molecule has 0 saturated heterocycles. The zero-order valence-electron chi connectivity index (χ0n) is 20.1. The minimum atomic E-state index is -1.13. The molecular formula is C26H28ClN3O6. The molecule has 0 saturated carbocycles. The van der Waals surface area contributed by atoms with E-state index in [4.69, 9.17) is 16.3 Å². The average molecular weight is 514 g/mol. The number of carboxylic acid groups (broad SMARTS) is 1. The summed E-state index contributed by atoms with van der Waals surface area (Å²) in [4.78, 5) is 37.4. The Balaban J connectivity index is 1.86. The van der Waals surface area contributed by atoms with Gasteiger partial charge in [-0.05, 0) is 50.1 Å². The summed E-state index contributed by atoms with van der Waals surface area (Å²) >= 11 is 6.22. The standard InChI is InChI=1S/C26H28ClN3O6/c1-15(2)36-19-9-6-8-17(11-19)21(12-22(31)32)28-26(35)29-23-24(33)16(3)13-30(25(23)34)14-18-7-4-5-10-20(18)27/h4-11,13,15,21,33H,12,14H2,1-3H3,(H,31,32)(H2,28,29,35)/t21-/m0/s1. The minimum absolute atomic E-state index is 0.0911. The first-order valence-corrected chi connectivity index (χ1v) is 11.6. The highest BCUT2D eigenvalue weighted by atomic mass is 35.5. The van der Waals surface area contributed by atoms with Gasteiger partial charge in [-0.3, -0.25) is 9.59 Å². The summed E-state index contributed by atoms with van der Waals surface area (Å²) in [6, 6.07) is 12.0. The lowest BCUT2D eigenvalue weighted by Crippen LogP contribution is -2.36. The first-order chi connectivity index (χ1) is 17.0. The number of aromatic hydroxyl groups is 1. The van der Waals surface area contributed by atoms with Crippen LogP contribution in [0.1, 0.15) is 43.0 Å². The van der Waals surface area contributed by atoms with Crippen LogP contribution in [-0.2, 0) is 11.3 Å². The summed E-state index contributed by atoms with van der Waals surface area (Å²) in [5, 5.41) is 25.3. The quantitative estimate of drug-likeness (QED) is 0.328. The van der Waals surface area contributed by atoms with Crippen LogP contribution in [0.4, 0.5) is 10.5 Å². The maximum atomic E-state index is 13.1. The Morgan fingerprint density at radius 1 is 1.14 bits per heavy atom. The number of urea groups is 1. The number of aromatic nitrogens is 1. The molecule has 0 aliphatic carbocycles. The topological polar surface area (TPSA) is 130 Å². The van der Waals surface area contributed by atoms with Crippen LogP contribution in [0.3, 0.4) is 0 Å². The molecule has 0 unspecified atom stereocenters. The number of amides is 2. The third-order valence-electron chi connectivity index (χ3n) is 5.29. The van der Waals surface area contributed by atoms with Gasteiger partial charge in [-0.1, -0.05) is 41.9 Å². The van der Waals surface area contributed by atoms with E-state index in [1.807, 2.05) is 13.8 Å². The molecule has 3 rings (SSSR count). The fourth-order valence-corrected chi connectivity index (χ4v) is 3.84. The van der Waals surface area contributed by atoms with Gasteiger partial charge in [0.25, 0.3) is 5.56 Å². The molecule has 0 aliphatic rings. The second-order valence-electron chi connectivity index (χ2n) is 8.55. The lowest BCUT2D eigenvalue weighted by atomic mass is 10.0. The summed E-state index contributed by atoms with van der Waals surface area (Å²) < 4.78 is 6.99. The van der Waals surface area contributed by atoms with Gasteiger partial charge in [-0.2, -0.15) is 0 Å². The van der Waals surface area contributed by atoms with Gasteiger partial charge in [0.05, 0.1) is 25.1 Å². The van der Waals surface area contributed by atoms with E-state index >= 15 is 0 Å². The number of nitrogens with one attached hydrogen (secondary N) is 2. The number of pyridine rings is 1. The van der Waals surface area contributed by atoms with Crippen LogP contribution in [0.25, 0.3) is 0 Å². The van der Waals surface area contributed by atoms with E-state index in [0.29, 0.717) is 27.5 Å². The molecule has 1 aromatic heterocycles. The van der Waals surface area contributed by atoms with Crippen molar-refractivity contribution in [3.05, 3.63) is 86.8 Å². The van der Waals surface area contributed by atoms with Crippen molar-refractivity contribution >= 4 is 29.3 Å². The minimum Gasteiger partial charge on any atom is -0.505 e. The molecule has 36 heavy (non-hydrogen) atoms. The number of halogens is 1. The fraction of sp³-hybridized carbons (Fsp3) is 0.269. The van der Waals surface area contributed by atoms with Gasteiger partial charge in [0, 0.05) is 16.8 Å². The molecule has 3 aromatic rings. The van der Waals surface area contributed by atoms with Crippen molar-refractivity contribution in [2.75, 3.05) is 5.32 Å². The molecule has 0 spiro atoms. The van der Waals surface area contributed by atoms with Crippen molar-refractivity contribution in [3.63, 3.8) is 0 Å². The summed E-state index contributed by atoms with van der Waals surface area (Å²) in [7, 11) is 0. The smallest absolute Gasteiger partial charge is 0.319 e. The maximum Gasteiger partial charge on any atom is 0.319 e. The van der Waals surface area contributed by atoms with Gasteiger partial charge in [-0.25, -0.2) is 4.79 Å². The van der Waals surface area contributed by atoms with Gasteiger partial charge in [0.2, 0.25) is 0 Å². The van der Waals surface area contributed by atoms with Crippen LogP contribution in [-0.4, -0.2) is 32.9 Å². The normalized spacial score (nSPS) is 11.7. The first-order valence-electron chi connectivity index (χ1n) is 11.3. The lowest BCUT2D eigenvalue weighted by molar-refractivity contribution is -0.137. The van der Waals surface area contributed by atoms with Crippen LogP contribution in [0.15, 0.2) is 59.5 Å². The zero-order valence-corrected chi connectivity index (χ0v) is 20.9. The largest absolute Gasteiger partial charge is 0.505 e. The average Bonchev–Trinajstić information content (AvgIpc) is 2.80. The van der Waals surface area contributed by atoms with E-state index in [-0.39, 0.29) is 24.1 Å². The second-order valence-corrected chi connectivity index (χ2v) is 8.96. The van der Waals surface area contributed by atoms with E-state index < -0.39 is 30.0 Å². The van der Waals surface area contributed by atoms with E-state index in [1.54, 1.807) is 55.5 Å². The number of hydrogen-bond acceptors (Lipinski definition) is 5. The Morgan fingerprint density at radius 3 is 2.53 bits per heavy atom. The van der Waals surface area contributed by atoms with Crippen LogP contribution in [0.2, 0.25) is 5.02 Å². The summed E-state index contributed by atoms with van der Waals surface area (Å²) in [5.74, 6) is -0.984. The monoisotopic (exact) mass is 513 g/mol. The van der Waals surface area contributed by atoms with Gasteiger partial charge < -0.3 is 30.2 Å². The Morgan fingerprint density at radius 2 is 1.86 bits per heavy atom. The second kappa shape index (κ2) is 11.6. The lowest BCUT2D eigenvalue weighted by Gasteiger charge is -2.20. The molecule has 9 nitrogen and oxygen atoms in total. The van der Waals surface area contributed by atoms with Crippen LogP contribution >= 0.6 is 11.6 Å². The molecule has 10 heteroatoms. The molecule has 0 fully saturated rings. The number of nitrogens with zero attached hydrogens (tertiary/aromatic N) is 1. The van der Waals surface area contributed by atoms with Crippen molar-refractivity contribution in [2.24, 2.45) is 0 Å². The van der Waals surface area contributed by atoms with Gasteiger partial charge in [0.15, 0.2) is 5.69 Å². The van der Waals surface area contributed by atoms with Gasteiger partial charge >= 0.3 is 12.0 Å². The number of carboxylic acids is 1. The number of carbonyl (C=O) groups excluding carboxylic acids is 1. The highest BCUT2D eigenvalue weighted by molar-refractivity contribution is 6.31. The number of ether oxygens (including phenoxy) is 1. The zero-order chi connectivity index (χ0) is 26.4. The number of hydrogen-bond donors (Lipinski definition) is 4. The number of aryl methyl sites for hydroxylation is 1. The van der Waals surface area contributed by atoms with E-state index in [1.165, 1.54) is 10.8 Å². The van der Waals surface area contributed by atoms with Gasteiger partial charge in [-0.15, -0.1) is 0 Å². The summed E-state index contributed by atoms with van der Waals surface area (Å²) in [6.45, 7) is 5.44. The van der Waals surface area contributed by atoms with Crippen molar-refractivity contribution in [1.29, 1.82) is 0 Å². The Hall–Kier alpha value is -3.98. The molecule has 2 amide bonds. The Bertz CT molecular complexity index is 1320. The van der Waals surface area contributed by atoms with Crippen molar-refractivity contribution in [3.8, 4) is 11.5 Å². The summed E-state index contributed by atoms with van der Waals surface area (Å²) in [6.07, 6.45) is 0.971. The highest BCUT2D eigenvalue weighted by Gasteiger charge is 2.22. The summed E-state index contributed by atoms with van der Waals surface area (Å²) in [5.41, 5.74) is 0.584. The van der Waals surface area contributed by atoms with E-state index in [2.05, 4.69) is 10.6 Å². The van der Waals surface area contributed by atoms with Crippen molar-refractivity contribution in [1.82, 2.24) is 9.88 Å². The molecule has 0 bridgehead atoms. The number of anilines is 1. The number of benzene rings is 2. The predicted molar refractivity (Wildman–Crippen MR) is 137 cm³/mol. The third-order valence-corrected chi connectivity index (χ3v) is 5.66. The molecule has 1 atom stereocenters. The van der Waals surface area contributed by atoms with Crippen LogP contribution in [0.5, 0.6) is 11.5 Å². The molecule has 4 N–H and O–H groups in total. The van der Waals surface area contributed by atoms with E-state index in [0.717, 1.165) is 0 Å². The fourth-order valence-electron chi connectivity index (χ4n) is 3.65. The van der Waals surface area contributed by atoms with Crippen LogP contribution < -0.4 is 20.9 Å². The first kappa shape index (κ1) is 26.6. The molecule has 1 heterocycles. The number of aliphatic carboxylic acids is 1. The Labute approximate surface area is 213 Å². The molecular weight excluding hydrogens is 486 g/mol.